The Morgan fingerprint density at radius 1 is 1.00 bits per heavy atom. The summed E-state index contributed by atoms with van der Waals surface area (Å²) in [5.74, 6) is 1.58. The highest BCUT2D eigenvalue weighted by Crippen LogP contribution is 2.40. The Morgan fingerprint density at radius 2 is 1.68 bits per heavy atom. The number of nitrogens with two attached hydrogens (primary N) is 1. The van der Waals surface area contributed by atoms with Gasteiger partial charge in [0.2, 0.25) is 0 Å². The lowest BCUT2D eigenvalue weighted by Crippen LogP contribution is -2.51. The minimum absolute atomic E-state index is 0.274. The van der Waals surface area contributed by atoms with Gasteiger partial charge in [0.05, 0.1) is 6.10 Å². The summed E-state index contributed by atoms with van der Waals surface area (Å²) >= 11 is 0. The first kappa shape index (κ1) is 12.2. The van der Waals surface area contributed by atoms with E-state index in [1.807, 2.05) is 54.6 Å². The van der Waals surface area contributed by atoms with Gasteiger partial charge in [-0.1, -0.05) is 30.3 Å². The summed E-state index contributed by atoms with van der Waals surface area (Å²) in [7, 11) is 0. The second-order valence-corrected chi connectivity index (χ2v) is 5.16. The average molecular weight is 255 g/mol. The van der Waals surface area contributed by atoms with Crippen molar-refractivity contribution in [3.05, 3.63) is 60.2 Å². The van der Waals surface area contributed by atoms with Gasteiger partial charge in [0, 0.05) is 5.54 Å². The van der Waals surface area contributed by atoms with E-state index in [4.69, 9.17) is 10.5 Å². The zero-order valence-electron chi connectivity index (χ0n) is 10.6. The van der Waals surface area contributed by atoms with E-state index in [2.05, 4.69) is 0 Å². The van der Waals surface area contributed by atoms with Crippen molar-refractivity contribution in [2.75, 3.05) is 0 Å². The molecule has 19 heavy (non-hydrogen) atoms. The predicted octanol–water partition coefficient (Wildman–Crippen LogP) is 2.79. The maximum atomic E-state index is 9.44. The quantitative estimate of drug-likeness (QED) is 0.886. The van der Waals surface area contributed by atoms with Crippen LogP contribution in [0.2, 0.25) is 0 Å². The van der Waals surface area contributed by atoms with Gasteiger partial charge >= 0.3 is 0 Å². The molecule has 0 atom stereocenters. The SMILES string of the molecule is NC1(c2cccc(Oc3ccccc3)c2)CC(O)C1. The van der Waals surface area contributed by atoms with Crippen molar-refractivity contribution in [2.24, 2.45) is 5.73 Å². The fraction of sp³-hybridized carbons (Fsp3) is 0.250. The van der Waals surface area contributed by atoms with Gasteiger partial charge in [0.25, 0.3) is 0 Å². The fourth-order valence-electron chi connectivity index (χ4n) is 2.51. The molecule has 3 N–H and O–H groups in total. The first-order valence-corrected chi connectivity index (χ1v) is 6.46. The zero-order valence-corrected chi connectivity index (χ0v) is 10.6. The molecule has 3 rings (SSSR count). The number of para-hydroxylation sites is 1. The van der Waals surface area contributed by atoms with Crippen LogP contribution in [0.25, 0.3) is 0 Å². The summed E-state index contributed by atoms with van der Waals surface area (Å²) in [6.45, 7) is 0. The van der Waals surface area contributed by atoms with Crippen LogP contribution >= 0.6 is 0 Å². The Balaban J connectivity index is 1.81. The molecule has 0 spiro atoms. The lowest BCUT2D eigenvalue weighted by molar-refractivity contribution is 0.0208. The molecule has 0 radical (unpaired) electrons. The van der Waals surface area contributed by atoms with Gasteiger partial charge in [-0.05, 0) is 42.7 Å². The molecule has 2 aromatic rings. The largest absolute Gasteiger partial charge is 0.457 e. The van der Waals surface area contributed by atoms with Gasteiger partial charge in [0.1, 0.15) is 11.5 Å². The number of aliphatic hydroxyl groups excluding tert-OH is 1. The van der Waals surface area contributed by atoms with E-state index < -0.39 is 5.54 Å². The number of hydrogen-bond donors (Lipinski definition) is 2. The molecule has 0 bridgehead atoms. The lowest BCUT2D eigenvalue weighted by atomic mass is 9.70. The fourth-order valence-corrected chi connectivity index (χ4v) is 2.51. The normalized spacial score (nSPS) is 25.7. The van der Waals surface area contributed by atoms with E-state index in [0.29, 0.717) is 12.8 Å². The molecule has 0 saturated heterocycles. The highest BCUT2D eigenvalue weighted by atomic mass is 16.5. The Bertz CT molecular complexity index is 562. The van der Waals surface area contributed by atoms with Crippen molar-refractivity contribution in [1.29, 1.82) is 0 Å². The van der Waals surface area contributed by atoms with Crippen molar-refractivity contribution < 1.29 is 9.84 Å². The smallest absolute Gasteiger partial charge is 0.127 e. The zero-order chi connectivity index (χ0) is 13.3. The van der Waals surface area contributed by atoms with Crippen molar-refractivity contribution in [1.82, 2.24) is 0 Å². The van der Waals surface area contributed by atoms with E-state index in [1.165, 1.54) is 0 Å². The first-order valence-electron chi connectivity index (χ1n) is 6.46. The molecule has 1 saturated carbocycles. The third-order valence-electron chi connectivity index (χ3n) is 3.59. The monoisotopic (exact) mass is 255 g/mol. The lowest BCUT2D eigenvalue weighted by Gasteiger charge is -2.42. The van der Waals surface area contributed by atoms with E-state index in [9.17, 15) is 5.11 Å². The van der Waals surface area contributed by atoms with Gasteiger partial charge in [-0.15, -0.1) is 0 Å². The predicted molar refractivity (Wildman–Crippen MR) is 74.1 cm³/mol. The number of aliphatic hydroxyl groups is 1. The van der Waals surface area contributed by atoms with Gasteiger partial charge in [0.15, 0.2) is 0 Å². The van der Waals surface area contributed by atoms with Crippen LogP contribution in [0.5, 0.6) is 11.5 Å². The molecule has 1 aliphatic rings. The number of benzene rings is 2. The van der Waals surface area contributed by atoms with E-state index >= 15 is 0 Å². The van der Waals surface area contributed by atoms with Crippen LogP contribution in [0.3, 0.4) is 0 Å². The summed E-state index contributed by atoms with van der Waals surface area (Å²) in [5.41, 5.74) is 6.87. The Kier molecular flexibility index (Phi) is 3.01. The summed E-state index contributed by atoms with van der Waals surface area (Å²) in [5, 5.41) is 9.44. The molecule has 3 heteroatoms. The molecular weight excluding hydrogens is 238 g/mol. The molecular formula is C16H17NO2. The van der Waals surface area contributed by atoms with Crippen LogP contribution in [-0.4, -0.2) is 11.2 Å². The number of rotatable bonds is 3. The van der Waals surface area contributed by atoms with Gasteiger partial charge < -0.3 is 15.6 Å². The second kappa shape index (κ2) is 4.68. The topological polar surface area (TPSA) is 55.5 Å². The molecule has 1 fully saturated rings. The van der Waals surface area contributed by atoms with Crippen molar-refractivity contribution in [2.45, 2.75) is 24.5 Å². The van der Waals surface area contributed by atoms with E-state index in [1.54, 1.807) is 0 Å². The molecule has 0 heterocycles. The van der Waals surface area contributed by atoms with Crippen LogP contribution in [0.1, 0.15) is 18.4 Å². The van der Waals surface area contributed by atoms with Crippen LogP contribution in [0.4, 0.5) is 0 Å². The minimum Gasteiger partial charge on any atom is -0.457 e. The number of ether oxygens (including phenoxy) is 1. The van der Waals surface area contributed by atoms with Gasteiger partial charge in [-0.25, -0.2) is 0 Å². The maximum absolute atomic E-state index is 9.44. The summed E-state index contributed by atoms with van der Waals surface area (Å²) in [4.78, 5) is 0. The van der Waals surface area contributed by atoms with Crippen molar-refractivity contribution >= 4 is 0 Å². The summed E-state index contributed by atoms with van der Waals surface area (Å²) in [6, 6.07) is 17.5. The van der Waals surface area contributed by atoms with Gasteiger partial charge in [-0.2, -0.15) is 0 Å². The first-order chi connectivity index (χ1) is 9.16. The Labute approximate surface area is 112 Å². The Morgan fingerprint density at radius 3 is 2.37 bits per heavy atom. The third kappa shape index (κ3) is 2.48. The maximum Gasteiger partial charge on any atom is 0.127 e. The van der Waals surface area contributed by atoms with Crippen molar-refractivity contribution in [3.8, 4) is 11.5 Å². The van der Waals surface area contributed by atoms with Gasteiger partial charge in [-0.3, -0.25) is 0 Å². The van der Waals surface area contributed by atoms with Crippen LogP contribution < -0.4 is 10.5 Å². The molecule has 0 aromatic heterocycles. The highest BCUT2D eigenvalue weighted by Gasteiger charge is 2.41. The average Bonchev–Trinajstić information content (AvgIpc) is 2.39. The molecule has 0 amide bonds. The second-order valence-electron chi connectivity index (χ2n) is 5.16. The molecule has 3 nitrogen and oxygen atoms in total. The highest BCUT2D eigenvalue weighted by molar-refractivity contribution is 5.38. The molecule has 1 aliphatic carbocycles. The number of hydrogen-bond acceptors (Lipinski definition) is 3. The standard InChI is InChI=1S/C16H17NO2/c17-16(10-13(18)11-16)12-5-4-8-15(9-12)19-14-6-2-1-3-7-14/h1-9,13,18H,10-11,17H2. The molecule has 0 aliphatic heterocycles. The molecule has 2 aromatic carbocycles. The summed E-state index contributed by atoms with van der Waals surface area (Å²) < 4.78 is 5.79. The van der Waals surface area contributed by atoms with Crippen LogP contribution in [0.15, 0.2) is 54.6 Å². The third-order valence-corrected chi connectivity index (χ3v) is 3.59. The Hall–Kier alpha value is -1.84. The minimum atomic E-state index is -0.407. The van der Waals surface area contributed by atoms with Crippen LogP contribution in [0, 0.1) is 0 Å². The summed E-state index contributed by atoms with van der Waals surface area (Å²) in [6.07, 6.45) is 0.951. The molecule has 98 valence electrons. The van der Waals surface area contributed by atoms with E-state index in [0.717, 1.165) is 17.1 Å². The molecule has 0 unspecified atom stereocenters. The van der Waals surface area contributed by atoms with E-state index in [-0.39, 0.29) is 6.10 Å². The van der Waals surface area contributed by atoms with Crippen molar-refractivity contribution in [3.63, 3.8) is 0 Å². The van der Waals surface area contributed by atoms with Crippen LogP contribution in [-0.2, 0) is 5.54 Å².